The monoisotopic (exact) mass is 391 g/mol. The molecule has 6 nitrogen and oxygen atoms in total. The van der Waals surface area contributed by atoms with Gasteiger partial charge in [-0.2, -0.15) is 0 Å². The quantitative estimate of drug-likeness (QED) is 0.702. The molecule has 0 saturated heterocycles. The topological polar surface area (TPSA) is 79.5 Å². The molecule has 0 atom stereocenters. The van der Waals surface area contributed by atoms with Gasteiger partial charge >= 0.3 is 6.03 Å². The van der Waals surface area contributed by atoms with Crippen LogP contribution >= 0.6 is 15.9 Å². The lowest BCUT2D eigenvalue weighted by Crippen LogP contribution is -2.38. The fourth-order valence-corrected chi connectivity index (χ4v) is 2.20. The third kappa shape index (κ3) is 5.58. The molecular formula is C17H18BrN3O3. The van der Waals surface area contributed by atoms with Crippen LogP contribution in [0.2, 0.25) is 0 Å². The molecule has 0 heterocycles. The molecule has 0 unspecified atom stereocenters. The number of carbonyl (C=O) groups is 2. The Morgan fingerprint density at radius 2 is 1.79 bits per heavy atom. The lowest BCUT2D eigenvalue weighted by atomic mass is 10.3. The highest BCUT2D eigenvalue weighted by Gasteiger charge is 2.09. The standard InChI is InChI=1S/C17H18BrN3O3/c1-2-24-15-6-4-3-5-14(15)19-11-16(22)21-17(23)20-13-9-7-12(18)8-10-13/h3-10,19H,2,11H2,1H3,(H2,20,21,22,23). The molecule has 0 radical (unpaired) electrons. The minimum absolute atomic E-state index is 0.0438. The Hall–Kier alpha value is -2.54. The first-order valence-electron chi connectivity index (χ1n) is 7.40. The van der Waals surface area contributed by atoms with Crippen LogP contribution in [-0.2, 0) is 4.79 Å². The summed E-state index contributed by atoms with van der Waals surface area (Å²) in [5.41, 5.74) is 1.29. The summed E-state index contributed by atoms with van der Waals surface area (Å²) in [5.74, 6) is 0.211. The molecule has 7 heteroatoms. The number of urea groups is 1. The number of imide groups is 1. The number of para-hydroxylation sites is 2. The van der Waals surface area contributed by atoms with Crippen LogP contribution in [0.4, 0.5) is 16.2 Å². The van der Waals surface area contributed by atoms with Crippen LogP contribution in [-0.4, -0.2) is 25.1 Å². The highest BCUT2D eigenvalue weighted by molar-refractivity contribution is 9.10. The first kappa shape index (κ1) is 17.8. The summed E-state index contributed by atoms with van der Waals surface area (Å²) in [6, 6.07) is 13.8. The summed E-state index contributed by atoms with van der Waals surface area (Å²) in [7, 11) is 0. The number of carbonyl (C=O) groups excluding carboxylic acids is 2. The van der Waals surface area contributed by atoms with Gasteiger partial charge in [-0.15, -0.1) is 0 Å². The van der Waals surface area contributed by atoms with E-state index < -0.39 is 11.9 Å². The number of benzene rings is 2. The zero-order valence-corrected chi connectivity index (χ0v) is 14.7. The van der Waals surface area contributed by atoms with Crippen molar-refractivity contribution in [2.45, 2.75) is 6.92 Å². The molecular weight excluding hydrogens is 374 g/mol. The Morgan fingerprint density at radius 1 is 1.08 bits per heavy atom. The lowest BCUT2D eigenvalue weighted by molar-refractivity contribution is -0.118. The SMILES string of the molecule is CCOc1ccccc1NCC(=O)NC(=O)Nc1ccc(Br)cc1. The smallest absolute Gasteiger partial charge is 0.325 e. The molecule has 0 aliphatic heterocycles. The molecule has 0 fully saturated rings. The van der Waals surface area contributed by atoms with E-state index >= 15 is 0 Å². The second kappa shape index (κ2) is 8.93. The second-order valence-electron chi connectivity index (χ2n) is 4.79. The Balaban J connectivity index is 1.82. The van der Waals surface area contributed by atoms with Gasteiger partial charge in [0.2, 0.25) is 5.91 Å². The number of amides is 3. The Labute approximate surface area is 148 Å². The number of anilines is 2. The first-order valence-corrected chi connectivity index (χ1v) is 8.20. The van der Waals surface area contributed by atoms with E-state index in [1.54, 1.807) is 30.3 Å². The molecule has 24 heavy (non-hydrogen) atoms. The Bertz CT molecular complexity index is 704. The molecule has 0 aliphatic rings. The van der Waals surface area contributed by atoms with Crippen molar-refractivity contribution in [2.75, 3.05) is 23.8 Å². The number of nitrogens with one attached hydrogen (secondary N) is 3. The fraction of sp³-hybridized carbons (Fsp3) is 0.176. The maximum atomic E-state index is 11.9. The van der Waals surface area contributed by atoms with Crippen molar-refractivity contribution in [3.63, 3.8) is 0 Å². The summed E-state index contributed by atoms with van der Waals surface area (Å²) in [4.78, 5) is 23.6. The van der Waals surface area contributed by atoms with E-state index in [-0.39, 0.29) is 6.54 Å². The molecule has 0 aliphatic carbocycles. The van der Waals surface area contributed by atoms with Gasteiger partial charge in [-0.3, -0.25) is 10.1 Å². The van der Waals surface area contributed by atoms with Gasteiger partial charge in [0.05, 0.1) is 18.8 Å². The molecule has 0 bridgehead atoms. The van der Waals surface area contributed by atoms with Crippen LogP contribution in [0.5, 0.6) is 5.75 Å². The number of hydrogen-bond acceptors (Lipinski definition) is 4. The molecule has 126 valence electrons. The minimum Gasteiger partial charge on any atom is -0.492 e. The van der Waals surface area contributed by atoms with Crippen molar-refractivity contribution in [2.24, 2.45) is 0 Å². The lowest BCUT2D eigenvalue weighted by Gasteiger charge is -2.12. The molecule has 3 N–H and O–H groups in total. The molecule has 3 amide bonds. The van der Waals surface area contributed by atoms with Crippen molar-refractivity contribution in [3.8, 4) is 5.75 Å². The van der Waals surface area contributed by atoms with Gasteiger partial charge < -0.3 is 15.4 Å². The summed E-state index contributed by atoms with van der Waals surface area (Å²) in [6.45, 7) is 2.37. The highest BCUT2D eigenvalue weighted by atomic mass is 79.9. The van der Waals surface area contributed by atoms with Crippen molar-refractivity contribution >= 4 is 39.2 Å². The Kier molecular flexibility index (Phi) is 6.62. The Morgan fingerprint density at radius 3 is 2.50 bits per heavy atom. The van der Waals surface area contributed by atoms with Gasteiger partial charge in [0.1, 0.15) is 5.75 Å². The van der Waals surface area contributed by atoms with E-state index in [4.69, 9.17) is 4.74 Å². The van der Waals surface area contributed by atoms with E-state index in [9.17, 15) is 9.59 Å². The van der Waals surface area contributed by atoms with Gasteiger partial charge in [-0.1, -0.05) is 28.1 Å². The van der Waals surface area contributed by atoms with Gasteiger partial charge in [-0.25, -0.2) is 4.79 Å². The third-order valence-corrected chi connectivity index (χ3v) is 3.51. The number of hydrogen-bond donors (Lipinski definition) is 3. The van der Waals surface area contributed by atoms with E-state index in [1.807, 2.05) is 25.1 Å². The van der Waals surface area contributed by atoms with Crippen molar-refractivity contribution in [1.82, 2.24) is 5.32 Å². The normalized spacial score (nSPS) is 9.92. The van der Waals surface area contributed by atoms with Gasteiger partial charge in [0.15, 0.2) is 0 Å². The van der Waals surface area contributed by atoms with Crippen molar-refractivity contribution < 1.29 is 14.3 Å². The molecule has 2 rings (SSSR count). The van der Waals surface area contributed by atoms with Crippen LogP contribution in [0.3, 0.4) is 0 Å². The average Bonchev–Trinajstić information content (AvgIpc) is 2.56. The van der Waals surface area contributed by atoms with Crippen LogP contribution in [0.25, 0.3) is 0 Å². The van der Waals surface area contributed by atoms with Crippen LogP contribution in [0.15, 0.2) is 53.0 Å². The predicted octanol–water partition coefficient (Wildman–Crippen LogP) is 3.61. The summed E-state index contributed by atoms with van der Waals surface area (Å²) in [5, 5.41) is 7.80. The summed E-state index contributed by atoms with van der Waals surface area (Å²) in [6.07, 6.45) is 0. The molecule has 0 aromatic heterocycles. The van der Waals surface area contributed by atoms with Gasteiger partial charge in [0, 0.05) is 10.2 Å². The minimum atomic E-state index is -0.581. The van der Waals surface area contributed by atoms with Gasteiger partial charge in [0.25, 0.3) is 0 Å². The van der Waals surface area contributed by atoms with E-state index in [0.717, 1.165) is 4.47 Å². The number of ether oxygens (including phenoxy) is 1. The molecule has 0 saturated carbocycles. The maximum absolute atomic E-state index is 11.9. The zero-order chi connectivity index (χ0) is 17.4. The largest absolute Gasteiger partial charge is 0.492 e. The van der Waals surface area contributed by atoms with Crippen LogP contribution < -0.4 is 20.7 Å². The maximum Gasteiger partial charge on any atom is 0.325 e. The summed E-state index contributed by atoms with van der Waals surface area (Å²) < 4.78 is 6.37. The average molecular weight is 392 g/mol. The predicted molar refractivity (Wildman–Crippen MR) is 97.4 cm³/mol. The molecule has 2 aromatic rings. The van der Waals surface area contributed by atoms with Crippen LogP contribution in [0, 0.1) is 0 Å². The number of rotatable bonds is 6. The highest BCUT2D eigenvalue weighted by Crippen LogP contribution is 2.23. The van der Waals surface area contributed by atoms with Crippen LogP contribution in [0.1, 0.15) is 6.92 Å². The molecule has 2 aromatic carbocycles. The molecule has 0 spiro atoms. The van der Waals surface area contributed by atoms with Gasteiger partial charge in [-0.05, 0) is 43.3 Å². The number of halogens is 1. The van der Waals surface area contributed by atoms with E-state index in [0.29, 0.717) is 23.7 Å². The van der Waals surface area contributed by atoms with E-state index in [1.165, 1.54) is 0 Å². The fourth-order valence-electron chi connectivity index (χ4n) is 1.94. The first-order chi connectivity index (χ1) is 11.6. The van der Waals surface area contributed by atoms with Crippen molar-refractivity contribution in [1.29, 1.82) is 0 Å². The van der Waals surface area contributed by atoms with Crippen molar-refractivity contribution in [3.05, 3.63) is 53.0 Å². The van der Waals surface area contributed by atoms with E-state index in [2.05, 4.69) is 31.9 Å². The second-order valence-corrected chi connectivity index (χ2v) is 5.71. The zero-order valence-electron chi connectivity index (χ0n) is 13.1. The third-order valence-electron chi connectivity index (χ3n) is 2.98. The summed E-state index contributed by atoms with van der Waals surface area (Å²) >= 11 is 3.31.